The number of hydrogen-bond acceptors (Lipinski definition) is 0. The van der Waals surface area contributed by atoms with Gasteiger partial charge in [0.05, 0.1) is 0 Å². The van der Waals surface area contributed by atoms with E-state index >= 15 is 0 Å². The number of aromatic amines is 1. The highest BCUT2D eigenvalue weighted by Crippen LogP contribution is 2.39. The van der Waals surface area contributed by atoms with E-state index in [1.807, 2.05) is 0 Å². The van der Waals surface area contributed by atoms with Crippen LogP contribution in [0.2, 0.25) is 5.15 Å². The van der Waals surface area contributed by atoms with Crippen LogP contribution in [0.15, 0.2) is 6.07 Å². The molecule has 0 bridgehead atoms. The van der Waals surface area contributed by atoms with Crippen LogP contribution in [-0.2, 0) is 5.41 Å². The van der Waals surface area contributed by atoms with Crippen molar-refractivity contribution in [2.45, 2.75) is 84.0 Å². The highest BCUT2D eigenvalue weighted by atomic mass is 35.5. The summed E-state index contributed by atoms with van der Waals surface area (Å²) >= 11 is 6.19. The van der Waals surface area contributed by atoms with Gasteiger partial charge < -0.3 is 4.98 Å². The van der Waals surface area contributed by atoms with E-state index in [1.54, 1.807) is 6.07 Å². The van der Waals surface area contributed by atoms with E-state index in [2.05, 4.69) is 25.8 Å². The Morgan fingerprint density at radius 3 is 2.10 bits per heavy atom. The van der Waals surface area contributed by atoms with Crippen molar-refractivity contribution in [3.8, 4) is 0 Å². The Morgan fingerprint density at radius 1 is 1.05 bits per heavy atom. The molecule has 0 aliphatic carbocycles. The first-order chi connectivity index (χ1) is 9.53. The summed E-state index contributed by atoms with van der Waals surface area (Å²) in [6.07, 6.45) is 10.8. The summed E-state index contributed by atoms with van der Waals surface area (Å²) in [6.45, 7) is 6.67. The van der Waals surface area contributed by atoms with Gasteiger partial charge in [0.1, 0.15) is 5.15 Å². The highest BCUT2D eigenvalue weighted by molar-refractivity contribution is 6.30. The van der Waals surface area contributed by atoms with Crippen molar-refractivity contribution >= 4 is 11.6 Å². The van der Waals surface area contributed by atoms with Crippen molar-refractivity contribution in [2.75, 3.05) is 0 Å². The summed E-state index contributed by atoms with van der Waals surface area (Å²) in [5.74, 6) is -0.319. The molecule has 0 aromatic carbocycles. The summed E-state index contributed by atoms with van der Waals surface area (Å²) in [4.78, 5) is 2.60. The molecule has 0 aliphatic rings. The molecule has 1 rings (SSSR count). The van der Waals surface area contributed by atoms with Crippen LogP contribution in [0.5, 0.6) is 0 Å². The van der Waals surface area contributed by atoms with Gasteiger partial charge in [-0.3, -0.25) is 0 Å². The molecule has 1 nitrogen and oxygen atoms in total. The minimum Gasteiger partial charge on any atom is -0.322 e. The lowest BCUT2D eigenvalue weighted by Gasteiger charge is -2.30. The van der Waals surface area contributed by atoms with Gasteiger partial charge in [0.2, 0.25) is 0 Å². The van der Waals surface area contributed by atoms with Crippen molar-refractivity contribution < 1.29 is 4.39 Å². The predicted molar refractivity (Wildman–Crippen MR) is 86.0 cm³/mol. The fourth-order valence-electron chi connectivity index (χ4n) is 2.94. The number of nitrogens with one attached hydrogen (secondary N) is 1. The lowest BCUT2D eigenvalue weighted by Crippen LogP contribution is -2.22. The lowest BCUT2D eigenvalue weighted by atomic mass is 9.75. The van der Waals surface area contributed by atoms with Crippen molar-refractivity contribution in [3.05, 3.63) is 22.7 Å². The normalized spacial score (nSPS) is 14.4. The van der Waals surface area contributed by atoms with Crippen LogP contribution in [-0.4, -0.2) is 4.98 Å². The number of rotatable bonds is 10. The molecule has 0 radical (unpaired) electrons. The van der Waals surface area contributed by atoms with E-state index in [0.717, 1.165) is 18.4 Å². The van der Waals surface area contributed by atoms with Gasteiger partial charge in [0.15, 0.2) is 5.95 Å². The van der Waals surface area contributed by atoms with E-state index < -0.39 is 0 Å². The Bertz CT molecular complexity index is 388. The van der Waals surface area contributed by atoms with Gasteiger partial charge in [-0.2, -0.15) is 4.39 Å². The number of halogens is 2. The minimum atomic E-state index is -0.319. The molecule has 1 unspecified atom stereocenters. The zero-order chi connectivity index (χ0) is 15.0. The van der Waals surface area contributed by atoms with E-state index in [1.165, 1.54) is 44.9 Å². The first kappa shape index (κ1) is 17.6. The molecule has 1 heterocycles. The quantitative estimate of drug-likeness (QED) is 0.468. The predicted octanol–water partition coefficient (Wildman–Crippen LogP) is 6.62. The lowest BCUT2D eigenvalue weighted by molar-refractivity contribution is 0.366. The fourth-order valence-corrected chi connectivity index (χ4v) is 3.31. The number of aromatic nitrogens is 1. The molecule has 0 amide bonds. The molecule has 1 aromatic heterocycles. The van der Waals surface area contributed by atoms with Crippen LogP contribution in [0.3, 0.4) is 0 Å². The third-order valence-electron chi connectivity index (χ3n) is 4.30. The van der Waals surface area contributed by atoms with E-state index in [4.69, 9.17) is 11.6 Å². The first-order valence-corrected chi connectivity index (χ1v) is 8.45. The fraction of sp³-hybridized carbons (Fsp3) is 0.765. The molecule has 0 saturated carbocycles. The van der Waals surface area contributed by atoms with Gasteiger partial charge >= 0.3 is 0 Å². The van der Waals surface area contributed by atoms with Gasteiger partial charge in [-0.25, -0.2) is 0 Å². The summed E-state index contributed by atoms with van der Waals surface area (Å²) in [5, 5.41) is 0.483. The zero-order valence-corrected chi connectivity index (χ0v) is 14.0. The van der Waals surface area contributed by atoms with Crippen molar-refractivity contribution in [1.82, 2.24) is 4.98 Å². The van der Waals surface area contributed by atoms with Gasteiger partial charge in [-0.1, -0.05) is 77.3 Å². The van der Waals surface area contributed by atoms with Crippen LogP contribution < -0.4 is 0 Å². The van der Waals surface area contributed by atoms with E-state index in [9.17, 15) is 4.39 Å². The van der Waals surface area contributed by atoms with Crippen LogP contribution in [0.1, 0.15) is 84.1 Å². The molecule has 0 saturated heterocycles. The molecule has 0 spiro atoms. The highest BCUT2D eigenvalue weighted by Gasteiger charge is 2.29. The van der Waals surface area contributed by atoms with Crippen LogP contribution >= 0.6 is 11.6 Å². The molecular weight excluding hydrogens is 273 g/mol. The Morgan fingerprint density at radius 2 is 1.60 bits per heavy atom. The van der Waals surface area contributed by atoms with Gasteiger partial charge in [0.25, 0.3) is 0 Å². The summed E-state index contributed by atoms with van der Waals surface area (Å²) in [5.41, 5.74) is 0.963. The van der Waals surface area contributed by atoms with Gasteiger partial charge in [-0.05, 0) is 29.9 Å². The van der Waals surface area contributed by atoms with Crippen LogP contribution in [0.25, 0.3) is 0 Å². The van der Waals surface area contributed by atoms with Crippen molar-refractivity contribution in [1.29, 1.82) is 0 Å². The number of hydrogen-bond donors (Lipinski definition) is 1. The topological polar surface area (TPSA) is 15.8 Å². The standard InChI is InChI=1S/C17H29ClFN/c1-4-6-8-10-12-17(3,11-9-7-5-2)14-13-15(19)20-16(14)18/h13,20H,4-12H2,1-3H3. The van der Waals surface area contributed by atoms with Crippen LogP contribution in [0.4, 0.5) is 4.39 Å². The molecule has 1 aromatic rings. The second-order valence-corrected chi connectivity index (χ2v) is 6.55. The Balaban J connectivity index is 2.74. The molecule has 0 aliphatic heterocycles. The third-order valence-corrected chi connectivity index (χ3v) is 4.60. The third kappa shape index (κ3) is 5.12. The maximum absolute atomic E-state index is 13.4. The molecule has 0 fully saturated rings. The Labute approximate surface area is 128 Å². The first-order valence-electron chi connectivity index (χ1n) is 8.08. The molecular formula is C17H29ClFN. The minimum absolute atomic E-state index is 0.000828. The molecule has 3 heteroatoms. The average Bonchev–Trinajstić information content (AvgIpc) is 2.75. The summed E-state index contributed by atoms with van der Waals surface area (Å²) < 4.78 is 13.4. The average molecular weight is 302 g/mol. The number of H-pyrrole nitrogens is 1. The second-order valence-electron chi connectivity index (χ2n) is 6.17. The summed E-state index contributed by atoms with van der Waals surface area (Å²) in [7, 11) is 0. The largest absolute Gasteiger partial charge is 0.322 e. The van der Waals surface area contributed by atoms with Gasteiger partial charge in [0, 0.05) is 0 Å². The molecule has 116 valence electrons. The SMILES string of the molecule is CCCCCCC(C)(CCCCC)c1cc(F)[nH]c1Cl. The van der Waals surface area contributed by atoms with Crippen molar-refractivity contribution in [3.63, 3.8) is 0 Å². The van der Waals surface area contributed by atoms with Crippen molar-refractivity contribution in [2.24, 2.45) is 0 Å². The van der Waals surface area contributed by atoms with Crippen LogP contribution in [0, 0.1) is 5.95 Å². The Kier molecular flexibility index (Phi) is 7.65. The zero-order valence-electron chi connectivity index (χ0n) is 13.2. The molecule has 1 N–H and O–H groups in total. The second kappa shape index (κ2) is 8.71. The maximum atomic E-state index is 13.4. The van der Waals surface area contributed by atoms with Gasteiger partial charge in [-0.15, -0.1) is 0 Å². The monoisotopic (exact) mass is 301 g/mol. The molecule has 20 heavy (non-hydrogen) atoms. The smallest absolute Gasteiger partial charge is 0.192 e. The summed E-state index contributed by atoms with van der Waals surface area (Å²) in [6, 6.07) is 1.59. The molecule has 1 atom stereocenters. The number of unbranched alkanes of at least 4 members (excludes halogenated alkanes) is 5. The Hall–Kier alpha value is -0.500. The van der Waals surface area contributed by atoms with E-state index in [-0.39, 0.29) is 11.4 Å². The maximum Gasteiger partial charge on any atom is 0.192 e. The van der Waals surface area contributed by atoms with E-state index in [0.29, 0.717) is 5.15 Å².